The van der Waals surface area contributed by atoms with Gasteiger partial charge >= 0.3 is 6.03 Å². The maximum Gasteiger partial charge on any atom is 0.315 e. The third-order valence-corrected chi connectivity index (χ3v) is 1.35. The van der Waals surface area contributed by atoms with Gasteiger partial charge in [-0.15, -0.1) is 0 Å². The Morgan fingerprint density at radius 2 is 2.25 bits per heavy atom. The number of amides is 2. The molecular formula is C7H16N4O. The number of nitrogens with one attached hydrogen (secondary N) is 3. The van der Waals surface area contributed by atoms with Crippen molar-refractivity contribution in [2.75, 3.05) is 6.54 Å². The molecule has 0 spiro atoms. The molecule has 0 aromatic heterocycles. The average Bonchev–Trinajstić information content (AvgIpc) is 2.00. The van der Waals surface area contributed by atoms with Crippen molar-refractivity contribution in [2.45, 2.75) is 26.3 Å². The first kappa shape index (κ1) is 10.7. The molecule has 0 bridgehead atoms. The largest absolute Gasteiger partial charge is 0.386 e. The molecule has 70 valence electrons. The number of carbonyl (C=O) groups excluding carboxylic acids is 1. The molecule has 2 amide bonds. The minimum absolute atomic E-state index is 0.0401. The van der Waals surface area contributed by atoms with Gasteiger partial charge in [0.15, 0.2) is 0 Å². The third kappa shape index (κ3) is 4.54. The maximum atomic E-state index is 10.9. The lowest BCUT2D eigenvalue weighted by Crippen LogP contribution is -2.46. The zero-order chi connectivity index (χ0) is 9.56. The molecule has 1 unspecified atom stereocenters. The summed E-state index contributed by atoms with van der Waals surface area (Å²) in [5.41, 5.74) is 5.15. The van der Waals surface area contributed by atoms with Crippen LogP contribution in [0.25, 0.3) is 0 Å². The molecule has 0 aromatic rings. The molecule has 0 aliphatic rings. The van der Waals surface area contributed by atoms with Gasteiger partial charge in [-0.2, -0.15) is 0 Å². The van der Waals surface area contributed by atoms with Crippen molar-refractivity contribution in [2.24, 2.45) is 5.73 Å². The highest BCUT2D eigenvalue weighted by atomic mass is 16.2. The lowest BCUT2D eigenvalue weighted by atomic mass is 10.3. The third-order valence-electron chi connectivity index (χ3n) is 1.35. The number of carbonyl (C=O) groups is 1. The fourth-order valence-corrected chi connectivity index (χ4v) is 0.564. The molecule has 0 radical (unpaired) electrons. The lowest BCUT2D eigenvalue weighted by molar-refractivity contribution is 0.240. The van der Waals surface area contributed by atoms with Crippen LogP contribution >= 0.6 is 0 Å². The summed E-state index contributed by atoms with van der Waals surface area (Å²) in [7, 11) is 0. The fraction of sp³-hybridized carbons (Fsp3) is 0.714. The summed E-state index contributed by atoms with van der Waals surface area (Å²) in [6.07, 6.45) is 0.891. The quantitative estimate of drug-likeness (QED) is 0.355. The molecular weight excluding hydrogens is 156 g/mol. The van der Waals surface area contributed by atoms with Crippen LogP contribution in [0.4, 0.5) is 4.79 Å². The Labute approximate surface area is 72.2 Å². The summed E-state index contributed by atoms with van der Waals surface area (Å²) >= 11 is 0. The number of rotatable bonds is 4. The highest BCUT2D eigenvalue weighted by Crippen LogP contribution is 1.79. The van der Waals surface area contributed by atoms with Gasteiger partial charge in [0.05, 0.1) is 6.04 Å². The second-order valence-corrected chi connectivity index (χ2v) is 2.58. The Hall–Kier alpha value is -1.26. The molecule has 1 atom stereocenters. The normalized spacial score (nSPS) is 11.8. The number of hydrogen-bond donors (Lipinski definition) is 4. The molecule has 5 N–H and O–H groups in total. The maximum absolute atomic E-state index is 10.9. The zero-order valence-electron chi connectivity index (χ0n) is 7.48. The monoisotopic (exact) mass is 172 g/mol. The molecule has 5 heteroatoms. The minimum Gasteiger partial charge on any atom is -0.386 e. The van der Waals surface area contributed by atoms with Gasteiger partial charge in [-0.3, -0.25) is 5.41 Å². The van der Waals surface area contributed by atoms with E-state index >= 15 is 0 Å². The molecule has 5 nitrogen and oxygen atoms in total. The Bertz CT molecular complexity index is 169. The summed E-state index contributed by atoms with van der Waals surface area (Å²) in [6.45, 7) is 4.26. The molecule has 0 fully saturated rings. The molecule has 12 heavy (non-hydrogen) atoms. The predicted octanol–water partition coefficient (Wildman–Crippen LogP) is 0.0201. The van der Waals surface area contributed by atoms with Crippen LogP contribution < -0.4 is 16.4 Å². The second kappa shape index (κ2) is 5.40. The fourth-order valence-electron chi connectivity index (χ4n) is 0.564. The van der Waals surface area contributed by atoms with Crippen molar-refractivity contribution >= 4 is 11.9 Å². The summed E-state index contributed by atoms with van der Waals surface area (Å²) in [6, 6.07) is -0.679. The van der Waals surface area contributed by atoms with Crippen LogP contribution in [0.5, 0.6) is 0 Å². The average molecular weight is 172 g/mol. The molecule has 0 aliphatic heterocycles. The van der Waals surface area contributed by atoms with Gasteiger partial charge < -0.3 is 16.4 Å². The predicted molar refractivity (Wildman–Crippen MR) is 48.2 cm³/mol. The number of hydrogen-bond acceptors (Lipinski definition) is 2. The van der Waals surface area contributed by atoms with Crippen LogP contribution in [0.1, 0.15) is 20.3 Å². The van der Waals surface area contributed by atoms with E-state index in [-0.39, 0.29) is 11.9 Å². The Morgan fingerprint density at radius 1 is 1.67 bits per heavy atom. The first-order chi connectivity index (χ1) is 5.57. The number of nitrogens with two attached hydrogens (primary N) is 1. The van der Waals surface area contributed by atoms with Gasteiger partial charge in [0, 0.05) is 6.54 Å². The van der Waals surface area contributed by atoms with Crippen LogP contribution in [0.2, 0.25) is 0 Å². The highest BCUT2D eigenvalue weighted by Gasteiger charge is 2.07. The minimum atomic E-state index is -0.401. The van der Waals surface area contributed by atoms with E-state index in [9.17, 15) is 4.79 Å². The van der Waals surface area contributed by atoms with E-state index < -0.39 is 6.04 Å². The Kier molecular flexibility index (Phi) is 4.83. The van der Waals surface area contributed by atoms with Gasteiger partial charge in [0.1, 0.15) is 5.84 Å². The van der Waals surface area contributed by atoms with Crippen LogP contribution in [0.15, 0.2) is 0 Å². The van der Waals surface area contributed by atoms with Crippen molar-refractivity contribution in [1.82, 2.24) is 10.6 Å². The van der Waals surface area contributed by atoms with Gasteiger partial charge in [-0.05, 0) is 13.3 Å². The van der Waals surface area contributed by atoms with Crippen LogP contribution in [0.3, 0.4) is 0 Å². The van der Waals surface area contributed by atoms with Gasteiger partial charge in [0.25, 0.3) is 0 Å². The first-order valence-corrected chi connectivity index (χ1v) is 3.96. The SMILES string of the molecule is CCCNC(=O)NC(C)C(=N)N. The number of amidine groups is 1. The molecule has 0 saturated heterocycles. The van der Waals surface area contributed by atoms with Crippen LogP contribution in [-0.4, -0.2) is 24.5 Å². The van der Waals surface area contributed by atoms with E-state index in [0.717, 1.165) is 6.42 Å². The van der Waals surface area contributed by atoms with E-state index in [1.807, 2.05) is 6.92 Å². The van der Waals surface area contributed by atoms with Crippen LogP contribution in [-0.2, 0) is 0 Å². The second-order valence-electron chi connectivity index (χ2n) is 2.58. The van der Waals surface area contributed by atoms with E-state index in [1.54, 1.807) is 6.92 Å². The Morgan fingerprint density at radius 3 is 2.67 bits per heavy atom. The first-order valence-electron chi connectivity index (χ1n) is 3.96. The molecule has 0 aromatic carbocycles. The van der Waals surface area contributed by atoms with Crippen molar-refractivity contribution in [3.05, 3.63) is 0 Å². The lowest BCUT2D eigenvalue weighted by Gasteiger charge is -2.12. The van der Waals surface area contributed by atoms with E-state index in [4.69, 9.17) is 11.1 Å². The van der Waals surface area contributed by atoms with E-state index in [0.29, 0.717) is 6.54 Å². The zero-order valence-corrected chi connectivity index (χ0v) is 7.48. The van der Waals surface area contributed by atoms with Crippen molar-refractivity contribution in [1.29, 1.82) is 5.41 Å². The standard InChI is InChI=1S/C7H16N4O/c1-3-4-10-7(12)11-5(2)6(8)9/h5H,3-4H2,1-2H3,(H3,8,9)(H2,10,11,12). The van der Waals surface area contributed by atoms with E-state index in [2.05, 4.69) is 10.6 Å². The topological polar surface area (TPSA) is 91.0 Å². The van der Waals surface area contributed by atoms with Crippen LogP contribution in [0, 0.1) is 5.41 Å². The van der Waals surface area contributed by atoms with E-state index in [1.165, 1.54) is 0 Å². The smallest absolute Gasteiger partial charge is 0.315 e. The van der Waals surface area contributed by atoms with Gasteiger partial charge in [0.2, 0.25) is 0 Å². The summed E-state index contributed by atoms with van der Waals surface area (Å²) < 4.78 is 0. The van der Waals surface area contributed by atoms with Gasteiger partial charge in [-0.25, -0.2) is 4.79 Å². The molecule has 0 saturated carbocycles. The molecule has 0 aliphatic carbocycles. The summed E-state index contributed by atoms with van der Waals surface area (Å²) in [5.74, 6) is -0.0401. The molecule has 0 heterocycles. The number of urea groups is 1. The summed E-state index contributed by atoms with van der Waals surface area (Å²) in [4.78, 5) is 10.9. The highest BCUT2D eigenvalue weighted by molar-refractivity contribution is 5.87. The van der Waals surface area contributed by atoms with Crippen molar-refractivity contribution in [3.8, 4) is 0 Å². The van der Waals surface area contributed by atoms with Crippen molar-refractivity contribution in [3.63, 3.8) is 0 Å². The van der Waals surface area contributed by atoms with Crippen molar-refractivity contribution < 1.29 is 4.79 Å². The van der Waals surface area contributed by atoms with Gasteiger partial charge in [-0.1, -0.05) is 6.92 Å². The molecule has 0 rings (SSSR count). The summed E-state index contributed by atoms with van der Waals surface area (Å²) in [5, 5.41) is 12.1. The Balaban J connectivity index is 3.61.